The van der Waals surface area contributed by atoms with Gasteiger partial charge in [0.2, 0.25) is 11.9 Å². The number of ether oxygens (including phenoxy) is 1. The van der Waals surface area contributed by atoms with Gasteiger partial charge >= 0.3 is 0 Å². The lowest BCUT2D eigenvalue weighted by atomic mass is 10.1. The quantitative estimate of drug-likeness (QED) is 0.505. The van der Waals surface area contributed by atoms with Crippen molar-refractivity contribution >= 4 is 34.3 Å². The fourth-order valence-corrected chi connectivity index (χ4v) is 3.79. The van der Waals surface area contributed by atoms with Crippen LogP contribution in [0.2, 0.25) is 0 Å². The lowest BCUT2D eigenvalue weighted by molar-refractivity contribution is 0.122. The van der Waals surface area contributed by atoms with Crippen LogP contribution in [-0.4, -0.2) is 51.2 Å². The number of benzene rings is 1. The van der Waals surface area contributed by atoms with Gasteiger partial charge in [0.05, 0.1) is 42.0 Å². The number of nitrogens with two attached hydrogens (primary N) is 1. The number of anilines is 4. The number of morpholine rings is 1. The second-order valence-corrected chi connectivity index (χ2v) is 7.71. The molecule has 1 aromatic carbocycles. The maximum atomic E-state index is 5.77. The highest BCUT2D eigenvalue weighted by molar-refractivity contribution is 5.83. The first-order valence-corrected chi connectivity index (χ1v) is 10.5. The second-order valence-electron chi connectivity index (χ2n) is 7.71. The van der Waals surface area contributed by atoms with Crippen LogP contribution in [0.1, 0.15) is 11.3 Å². The molecule has 0 bridgehead atoms. The number of para-hydroxylation sites is 1. The van der Waals surface area contributed by atoms with Crippen LogP contribution in [0.5, 0.6) is 0 Å². The topological polar surface area (TPSA) is 115 Å². The third-order valence-electron chi connectivity index (χ3n) is 5.53. The summed E-state index contributed by atoms with van der Waals surface area (Å²) in [7, 11) is 0. The zero-order valence-electron chi connectivity index (χ0n) is 18.0. The summed E-state index contributed by atoms with van der Waals surface area (Å²) in [5.74, 6) is 1.60. The van der Waals surface area contributed by atoms with E-state index in [2.05, 4.69) is 31.2 Å². The first-order valence-electron chi connectivity index (χ1n) is 10.5. The van der Waals surface area contributed by atoms with Crippen molar-refractivity contribution < 1.29 is 4.74 Å². The second kappa shape index (κ2) is 8.35. The molecule has 0 spiro atoms. The number of nitrogens with zero attached hydrogens (tertiary/aromatic N) is 6. The molecule has 3 N–H and O–H groups in total. The minimum Gasteiger partial charge on any atom is -0.378 e. The average Bonchev–Trinajstić information content (AvgIpc) is 2.81. The minimum atomic E-state index is 0.243. The van der Waals surface area contributed by atoms with Gasteiger partial charge in [-0.3, -0.25) is 4.98 Å². The van der Waals surface area contributed by atoms with Gasteiger partial charge in [-0.1, -0.05) is 18.2 Å². The predicted molar refractivity (Wildman–Crippen MR) is 125 cm³/mol. The fourth-order valence-electron chi connectivity index (χ4n) is 3.79. The summed E-state index contributed by atoms with van der Waals surface area (Å²) in [5, 5.41) is 4.50. The van der Waals surface area contributed by atoms with Crippen molar-refractivity contribution in [1.82, 2.24) is 24.9 Å². The number of hydrogen-bond donors (Lipinski definition) is 2. The van der Waals surface area contributed by atoms with E-state index in [-0.39, 0.29) is 5.95 Å². The third-order valence-corrected chi connectivity index (χ3v) is 5.53. The molecule has 0 amide bonds. The fraction of sp³-hybridized carbons (Fsp3) is 0.261. The Morgan fingerprint density at radius 2 is 1.81 bits per heavy atom. The molecular formula is C23H24N8O. The van der Waals surface area contributed by atoms with Gasteiger partial charge in [0.1, 0.15) is 5.82 Å². The van der Waals surface area contributed by atoms with Crippen LogP contribution in [0.3, 0.4) is 0 Å². The van der Waals surface area contributed by atoms with E-state index in [1.807, 2.05) is 44.3 Å². The van der Waals surface area contributed by atoms with Gasteiger partial charge < -0.3 is 20.7 Å². The number of nitrogens with one attached hydrogen (secondary N) is 1. The molecule has 9 nitrogen and oxygen atoms in total. The van der Waals surface area contributed by atoms with Crippen LogP contribution in [0.4, 0.5) is 23.4 Å². The molecule has 162 valence electrons. The number of pyridine rings is 1. The largest absolute Gasteiger partial charge is 0.378 e. The molecule has 0 radical (unpaired) electrons. The molecule has 3 aromatic heterocycles. The van der Waals surface area contributed by atoms with Crippen LogP contribution in [-0.2, 0) is 4.74 Å². The number of fused-ring (bicyclic) bond motifs is 1. The molecule has 5 rings (SSSR count). The molecule has 32 heavy (non-hydrogen) atoms. The van der Waals surface area contributed by atoms with Crippen molar-refractivity contribution in [1.29, 1.82) is 0 Å². The monoisotopic (exact) mass is 428 g/mol. The summed E-state index contributed by atoms with van der Waals surface area (Å²) in [4.78, 5) is 24.9. The summed E-state index contributed by atoms with van der Waals surface area (Å²) in [6, 6.07) is 10.1. The highest BCUT2D eigenvalue weighted by atomic mass is 16.5. The molecule has 9 heteroatoms. The first kappa shape index (κ1) is 20.1. The van der Waals surface area contributed by atoms with Crippen LogP contribution >= 0.6 is 0 Å². The normalized spacial score (nSPS) is 14.0. The molecule has 0 saturated carbocycles. The Bertz CT molecular complexity index is 1290. The Balaban J connectivity index is 1.61. The standard InChI is InChI=1S/C23H24N8O/c1-14-20(18-13-26-22(24)27-15(18)2)29-23(31-7-9-32-10-8-31)30-21(14)28-17-11-16-5-3-4-6-19(16)25-12-17/h3-6,11-13H,7-10H2,1-2H3,(H2,24,26,27)(H,28,29,30). The molecule has 1 fully saturated rings. The summed E-state index contributed by atoms with van der Waals surface area (Å²) >= 11 is 0. The number of aryl methyl sites for hydroxylation is 1. The summed E-state index contributed by atoms with van der Waals surface area (Å²) in [6.07, 6.45) is 3.53. The van der Waals surface area contributed by atoms with Crippen LogP contribution in [0, 0.1) is 13.8 Å². The lowest BCUT2D eigenvalue weighted by Gasteiger charge is -2.28. The molecule has 1 aliphatic heterocycles. The van der Waals surface area contributed by atoms with Gasteiger partial charge in [0, 0.05) is 35.8 Å². The Labute approximate surface area is 185 Å². The van der Waals surface area contributed by atoms with Gasteiger partial charge in [0.25, 0.3) is 0 Å². The van der Waals surface area contributed by atoms with Crippen molar-refractivity contribution in [3.05, 3.63) is 54.0 Å². The van der Waals surface area contributed by atoms with E-state index in [4.69, 9.17) is 20.4 Å². The van der Waals surface area contributed by atoms with Crippen molar-refractivity contribution in [3.63, 3.8) is 0 Å². The minimum absolute atomic E-state index is 0.243. The average molecular weight is 429 g/mol. The molecule has 4 aromatic rings. The van der Waals surface area contributed by atoms with E-state index in [0.29, 0.717) is 25.0 Å². The third kappa shape index (κ3) is 3.90. The van der Waals surface area contributed by atoms with Gasteiger partial charge in [-0.2, -0.15) is 4.98 Å². The highest BCUT2D eigenvalue weighted by Gasteiger charge is 2.20. The SMILES string of the molecule is Cc1nc(N)ncc1-c1nc(N2CCOCC2)nc(Nc2cnc3ccccc3c2)c1C. The summed E-state index contributed by atoms with van der Waals surface area (Å²) in [5.41, 5.74) is 10.8. The number of nitrogen functional groups attached to an aromatic ring is 1. The Kier molecular flexibility index (Phi) is 5.24. The van der Waals surface area contributed by atoms with Gasteiger partial charge in [-0.25, -0.2) is 15.0 Å². The number of rotatable bonds is 4. The van der Waals surface area contributed by atoms with E-state index in [0.717, 1.165) is 52.2 Å². The van der Waals surface area contributed by atoms with Crippen LogP contribution in [0.15, 0.2) is 42.7 Å². The molecule has 1 aliphatic rings. The Hall–Kier alpha value is -3.85. The Morgan fingerprint density at radius 1 is 1.00 bits per heavy atom. The van der Waals surface area contributed by atoms with Gasteiger partial charge in [0.15, 0.2) is 0 Å². The van der Waals surface area contributed by atoms with Crippen LogP contribution < -0.4 is 16.0 Å². The van der Waals surface area contributed by atoms with Crippen molar-refractivity contribution in [2.24, 2.45) is 0 Å². The lowest BCUT2D eigenvalue weighted by Crippen LogP contribution is -2.37. The molecule has 0 atom stereocenters. The van der Waals surface area contributed by atoms with Crippen LogP contribution in [0.25, 0.3) is 22.2 Å². The molecule has 4 heterocycles. The first-order chi connectivity index (χ1) is 15.6. The zero-order chi connectivity index (χ0) is 22.1. The molecule has 0 unspecified atom stereocenters. The molecule has 0 aliphatic carbocycles. The van der Waals surface area contributed by atoms with Crippen molar-refractivity contribution in [2.45, 2.75) is 13.8 Å². The van der Waals surface area contributed by atoms with E-state index in [1.165, 1.54) is 0 Å². The summed E-state index contributed by atoms with van der Waals surface area (Å²) < 4.78 is 5.50. The maximum absolute atomic E-state index is 5.77. The van der Waals surface area contributed by atoms with Gasteiger partial charge in [-0.05, 0) is 26.0 Å². The van der Waals surface area contributed by atoms with E-state index < -0.39 is 0 Å². The highest BCUT2D eigenvalue weighted by Crippen LogP contribution is 2.31. The van der Waals surface area contributed by atoms with E-state index >= 15 is 0 Å². The van der Waals surface area contributed by atoms with E-state index in [9.17, 15) is 0 Å². The smallest absolute Gasteiger partial charge is 0.228 e. The van der Waals surface area contributed by atoms with E-state index in [1.54, 1.807) is 6.20 Å². The number of aromatic nitrogens is 5. The molecule has 1 saturated heterocycles. The summed E-state index contributed by atoms with van der Waals surface area (Å²) in [6.45, 7) is 6.66. The maximum Gasteiger partial charge on any atom is 0.228 e. The molecular weight excluding hydrogens is 404 g/mol. The Morgan fingerprint density at radius 3 is 2.62 bits per heavy atom. The number of hydrogen-bond acceptors (Lipinski definition) is 9. The van der Waals surface area contributed by atoms with Gasteiger partial charge in [-0.15, -0.1) is 0 Å². The predicted octanol–water partition coefficient (Wildman–Crippen LogP) is 3.26. The zero-order valence-corrected chi connectivity index (χ0v) is 18.0. The van der Waals surface area contributed by atoms with Crippen molar-refractivity contribution in [2.75, 3.05) is 42.3 Å². The van der Waals surface area contributed by atoms with Crippen molar-refractivity contribution in [3.8, 4) is 11.3 Å².